The number of anilines is 1. The summed E-state index contributed by atoms with van der Waals surface area (Å²) < 4.78 is 23.7. The second-order valence-electron chi connectivity index (χ2n) is 20.3. The van der Waals surface area contributed by atoms with Gasteiger partial charge >= 0.3 is 0 Å². The van der Waals surface area contributed by atoms with Crippen LogP contribution in [0.5, 0.6) is 23.0 Å². The molecule has 3 N–H and O–H groups in total. The summed E-state index contributed by atoms with van der Waals surface area (Å²) in [5.74, 6) is -0.964. The van der Waals surface area contributed by atoms with E-state index in [0.29, 0.717) is 89.7 Å². The topological polar surface area (TPSA) is 227 Å². The fraction of sp³-hybridized carbons (Fsp3) is 0.350. The van der Waals surface area contributed by atoms with Gasteiger partial charge in [0.25, 0.3) is 23.6 Å². The first kappa shape index (κ1) is 54.9. The van der Waals surface area contributed by atoms with Gasteiger partial charge in [-0.1, -0.05) is 62.2 Å². The van der Waals surface area contributed by atoms with Gasteiger partial charge in [0.1, 0.15) is 12.1 Å². The van der Waals surface area contributed by atoms with E-state index in [-0.39, 0.29) is 73.7 Å². The number of nitrogens with one attached hydrogen (secondary N) is 3. The lowest BCUT2D eigenvalue weighted by Crippen LogP contribution is -2.53. The molecule has 0 spiro atoms. The van der Waals surface area contributed by atoms with E-state index in [1.54, 1.807) is 73.2 Å². The van der Waals surface area contributed by atoms with Gasteiger partial charge in [-0.3, -0.25) is 48.4 Å². The van der Waals surface area contributed by atoms with E-state index in [1.165, 1.54) is 31.9 Å². The third-order valence-electron chi connectivity index (χ3n) is 14.4. The molecule has 79 heavy (non-hydrogen) atoms. The van der Waals surface area contributed by atoms with Crippen molar-refractivity contribution in [1.29, 1.82) is 0 Å². The van der Waals surface area contributed by atoms with E-state index in [1.807, 2.05) is 37.7 Å². The van der Waals surface area contributed by atoms with Crippen LogP contribution in [0, 0.1) is 12.8 Å². The lowest BCUT2D eigenvalue weighted by Gasteiger charge is -2.24. The van der Waals surface area contributed by atoms with Crippen molar-refractivity contribution in [2.75, 3.05) is 39.3 Å². The molecule has 0 bridgehead atoms. The number of carbonyl (C=O) groups is 7. The maximum atomic E-state index is 14.1. The summed E-state index contributed by atoms with van der Waals surface area (Å²) >= 11 is 0. The number of benzene rings is 4. The highest BCUT2D eigenvalue weighted by Crippen LogP contribution is 2.42. The Morgan fingerprint density at radius 3 is 1.66 bits per heavy atom. The molecule has 19 nitrogen and oxygen atoms in total. The maximum absolute atomic E-state index is 14.1. The first-order chi connectivity index (χ1) is 38.1. The SMILES string of the molecule is COc1cc2c(cc1OCCCOc1cc3c(cc1OC)C(=O)N1C=C(c4ccc(NC(=O)C(C)NC(=O)C(NC(=O)CCCCCN5C(=O)C=CC5=O)C(C)C)cc4)C[C@H]1C=N3)N=C[C@@H]1CC(c3ccc(C)cc3)=CN1C2=O. The third-order valence-corrected chi connectivity index (χ3v) is 14.4. The van der Waals surface area contributed by atoms with E-state index < -0.39 is 23.9 Å². The second-order valence-corrected chi connectivity index (χ2v) is 20.3. The minimum absolute atomic E-state index is 0.163. The van der Waals surface area contributed by atoms with Crippen molar-refractivity contribution in [1.82, 2.24) is 25.3 Å². The minimum Gasteiger partial charge on any atom is -0.493 e. The molecular weight excluding hydrogens is 1010 g/mol. The maximum Gasteiger partial charge on any atom is 0.260 e. The Morgan fingerprint density at radius 2 is 1.15 bits per heavy atom. The highest BCUT2D eigenvalue weighted by atomic mass is 16.5. The van der Waals surface area contributed by atoms with Crippen molar-refractivity contribution in [2.24, 2.45) is 15.9 Å². The van der Waals surface area contributed by atoms with E-state index in [2.05, 4.69) is 40.2 Å². The Kier molecular flexibility index (Phi) is 16.8. The normalized spacial score (nSPS) is 17.7. The van der Waals surface area contributed by atoms with Crippen molar-refractivity contribution in [3.63, 3.8) is 0 Å². The second kappa shape index (κ2) is 24.2. The number of hydrogen-bond acceptors (Lipinski definition) is 13. The van der Waals surface area contributed by atoms with Crippen LogP contribution in [0.4, 0.5) is 17.1 Å². The fourth-order valence-electron chi connectivity index (χ4n) is 9.88. The smallest absolute Gasteiger partial charge is 0.260 e. The van der Waals surface area contributed by atoms with Gasteiger partial charge < -0.3 is 44.7 Å². The number of rotatable bonds is 22. The molecule has 19 heteroatoms. The van der Waals surface area contributed by atoms with Crippen LogP contribution in [0.2, 0.25) is 0 Å². The van der Waals surface area contributed by atoms with Crippen LogP contribution in [0.25, 0.3) is 11.1 Å². The van der Waals surface area contributed by atoms with Crippen LogP contribution < -0.4 is 34.9 Å². The van der Waals surface area contributed by atoms with Crippen LogP contribution in [0.3, 0.4) is 0 Å². The van der Waals surface area contributed by atoms with E-state index >= 15 is 0 Å². The van der Waals surface area contributed by atoms with Crippen molar-refractivity contribution in [3.8, 4) is 23.0 Å². The Balaban J connectivity index is 0.740. The number of amides is 7. The molecule has 410 valence electrons. The van der Waals surface area contributed by atoms with Gasteiger partial charge in [0.05, 0.1) is 62.0 Å². The van der Waals surface area contributed by atoms with E-state index in [4.69, 9.17) is 28.9 Å². The van der Waals surface area contributed by atoms with Crippen LogP contribution in [-0.2, 0) is 24.0 Å². The minimum atomic E-state index is -0.924. The number of methoxy groups -OCH3 is 2. The number of aryl methyl sites for hydroxylation is 1. The molecule has 2 unspecified atom stereocenters. The molecule has 7 amide bonds. The first-order valence-electron chi connectivity index (χ1n) is 26.6. The highest BCUT2D eigenvalue weighted by Gasteiger charge is 2.36. The number of nitrogens with zero attached hydrogens (tertiary/aromatic N) is 5. The number of carbonyl (C=O) groups excluding carboxylic acids is 7. The van der Waals surface area contributed by atoms with Crippen LogP contribution in [0.1, 0.15) is 103 Å². The Morgan fingerprint density at radius 1 is 0.633 bits per heavy atom. The summed E-state index contributed by atoms with van der Waals surface area (Å²) in [5, 5.41) is 8.34. The predicted octanol–water partition coefficient (Wildman–Crippen LogP) is 7.87. The van der Waals surface area contributed by atoms with Crippen LogP contribution in [0.15, 0.2) is 107 Å². The Bertz CT molecular complexity index is 3200. The Hall–Kier alpha value is -8.87. The summed E-state index contributed by atoms with van der Waals surface area (Å²) in [6.45, 7) is 8.00. The van der Waals surface area contributed by atoms with Crippen molar-refractivity contribution >= 4 is 82.0 Å². The summed E-state index contributed by atoms with van der Waals surface area (Å²) in [7, 11) is 3.04. The predicted molar refractivity (Wildman–Crippen MR) is 298 cm³/mol. The summed E-state index contributed by atoms with van der Waals surface area (Å²) in [5.41, 5.74) is 7.28. The number of aliphatic imine (C=N–C) groups is 2. The van der Waals surface area contributed by atoms with Gasteiger partial charge in [-0.2, -0.15) is 0 Å². The molecule has 5 heterocycles. The molecule has 0 aliphatic carbocycles. The average Bonchev–Trinajstić information content (AvgIpc) is 4.34. The summed E-state index contributed by atoms with van der Waals surface area (Å²) in [6.07, 6.45) is 13.2. The zero-order chi connectivity index (χ0) is 55.9. The number of ether oxygens (including phenoxy) is 4. The van der Waals surface area contributed by atoms with Crippen molar-refractivity contribution < 1.29 is 52.5 Å². The molecule has 5 aliphatic rings. The van der Waals surface area contributed by atoms with Gasteiger partial charge in [-0.15, -0.1) is 0 Å². The number of hydrogen-bond donors (Lipinski definition) is 3. The molecule has 4 atom stereocenters. The molecule has 0 saturated carbocycles. The summed E-state index contributed by atoms with van der Waals surface area (Å²) in [6, 6.07) is 19.8. The molecule has 0 radical (unpaired) electrons. The highest BCUT2D eigenvalue weighted by molar-refractivity contribution is 6.13. The molecule has 0 aromatic heterocycles. The lowest BCUT2D eigenvalue weighted by atomic mass is 10.0. The van der Waals surface area contributed by atoms with Gasteiger partial charge in [0.2, 0.25) is 17.7 Å². The quantitative estimate of drug-likeness (QED) is 0.0507. The monoisotopic (exact) mass is 1070 g/mol. The van der Waals surface area contributed by atoms with Gasteiger partial charge in [-0.25, -0.2) is 0 Å². The zero-order valence-electron chi connectivity index (χ0n) is 45.1. The standard InChI is InChI=1S/C60H64N8O11/c1-35(2)56(65-53(69)11-8-7-9-22-66-54(70)20-21-55(66)71)58(73)63-37(4)57(72)64-42-18-16-39(17-19-42)41-26-44-32-62-48-30-52(50(77-6)28-46(48)60(75)68(44)34-41)79-24-10-23-78-51-29-47-45(27-49(51)76-5)59(74)67-33-40(25-43(67)31-61-47)38-14-12-36(3)13-15-38/h12-21,27-35,37,43-44,56H,7-11,22-26H2,1-6H3,(H,63,73)(H,64,72)(H,65,69)/t37?,43-,44-,56?/m0/s1. The zero-order valence-corrected chi connectivity index (χ0v) is 45.1. The van der Waals surface area contributed by atoms with Crippen LogP contribution in [-0.4, -0.2) is 127 Å². The third kappa shape index (κ3) is 12.5. The van der Waals surface area contributed by atoms with Gasteiger partial charge in [0, 0.05) is 87.0 Å². The Labute approximate surface area is 458 Å². The number of unbranched alkanes of at least 4 members (excludes halogenated alkanes) is 2. The van der Waals surface area contributed by atoms with Crippen LogP contribution >= 0.6 is 0 Å². The molecule has 0 saturated heterocycles. The van der Waals surface area contributed by atoms with Crippen molar-refractivity contribution in [2.45, 2.75) is 96.8 Å². The molecular formula is C60H64N8O11. The summed E-state index contributed by atoms with van der Waals surface area (Å²) in [4.78, 5) is 105. The number of imide groups is 1. The first-order valence-corrected chi connectivity index (χ1v) is 26.6. The largest absolute Gasteiger partial charge is 0.493 e. The fourth-order valence-corrected chi connectivity index (χ4v) is 9.88. The molecule has 4 aromatic carbocycles. The lowest BCUT2D eigenvalue weighted by molar-refractivity contribution is -0.137. The average molecular weight is 1070 g/mol. The van der Waals surface area contributed by atoms with Gasteiger partial charge in [0.15, 0.2) is 23.0 Å². The molecule has 4 aromatic rings. The molecule has 9 rings (SSSR count). The van der Waals surface area contributed by atoms with E-state index in [0.717, 1.165) is 27.2 Å². The van der Waals surface area contributed by atoms with E-state index in [9.17, 15) is 33.6 Å². The van der Waals surface area contributed by atoms with Gasteiger partial charge in [-0.05, 0) is 79.1 Å². The molecule has 5 aliphatic heterocycles. The molecule has 0 fully saturated rings. The number of fused-ring (bicyclic) bond motifs is 4. The van der Waals surface area contributed by atoms with Crippen molar-refractivity contribution in [3.05, 3.63) is 125 Å².